The average Bonchev–Trinajstić information content (AvgIpc) is 3.19. The third-order valence-corrected chi connectivity index (χ3v) is 4.69. The molecule has 0 saturated heterocycles. The summed E-state index contributed by atoms with van der Waals surface area (Å²) < 4.78 is 12.0. The van der Waals surface area contributed by atoms with Crippen LogP contribution in [0.4, 0.5) is 0 Å². The van der Waals surface area contributed by atoms with Gasteiger partial charge in [-0.25, -0.2) is 9.78 Å². The molecular weight excluding hydrogens is 372 g/mol. The monoisotopic (exact) mass is 386 g/mol. The largest absolute Gasteiger partial charge is 0.422 e. The van der Waals surface area contributed by atoms with Crippen molar-refractivity contribution in [3.05, 3.63) is 87.0 Å². The van der Waals surface area contributed by atoms with Crippen molar-refractivity contribution in [1.29, 1.82) is 0 Å². The highest BCUT2D eigenvalue weighted by molar-refractivity contribution is 5.80. The molecule has 0 fully saturated rings. The van der Waals surface area contributed by atoms with Gasteiger partial charge in [-0.2, -0.15) is 4.98 Å². The number of rotatable bonds is 3. The molecule has 2 aromatic carbocycles. The molecule has 5 rings (SSSR count). The van der Waals surface area contributed by atoms with E-state index in [2.05, 4.69) is 15.1 Å². The number of benzene rings is 2. The first-order valence-corrected chi connectivity index (χ1v) is 8.92. The number of nitrogens with zero attached hydrogens (tertiary/aromatic N) is 4. The molecule has 8 nitrogen and oxygen atoms in total. The topological polar surface area (TPSA) is 104 Å². The van der Waals surface area contributed by atoms with Crippen LogP contribution in [0.5, 0.6) is 0 Å². The number of fused-ring (bicyclic) bond motifs is 2. The number of hydrogen-bond donors (Lipinski definition) is 0. The molecule has 0 aliphatic heterocycles. The molecule has 0 radical (unpaired) electrons. The van der Waals surface area contributed by atoms with E-state index in [0.717, 1.165) is 5.39 Å². The van der Waals surface area contributed by atoms with Crippen LogP contribution in [0.2, 0.25) is 0 Å². The van der Waals surface area contributed by atoms with Crippen molar-refractivity contribution in [3.63, 3.8) is 0 Å². The zero-order valence-electron chi connectivity index (χ0n) is 15.3. The van der Waals surface area contributed by atoms with Crippen LogP contribution < -0.4 is 11.2 Å². The lowest BCUT2D eigenvalue weighted by atomic mass is 10.2. The normalized spacial score (nSPS) is 11.3. The highest BCUT2D eigenvalue weighted by atomic mass is 16.5. The van der Waals surface area contributed by atoms with Crippen LogP contribution in [0.1, 0.15) is 11.6 Å². The summed E-state index contributed by atoms with van der Waals surface area (Å²) >= 11 is 0. The van der Waals surface area contributed by atoms with E-state index < -0.39 is 5.63 Å². The molecule has 3 heterocycles. The van der Waals surface area contributed by atoms with Gasteiger partial charge in [-0.05, 0) is 31.2 Å². The Morgan fingerprint density at radius 2 is 1.79 bits per heavy atom. The van der Waals surface area contributed by atoms with Crippen LogP contribution in [0.25, 0.3) is 33.3 Å². The van der Waals surface area contributed by atoms with E-state index >= 15 is 0 Å². The Morgan fingerprint density at radius 1 is 1.00 bits per heavy atom. The molecule has 29 heavy (non-hydrogen) atoms. The quantitative estimate of drug-likeness (QED) is 0.439. The number of aryl methyl sites for hydroxylation is 1. The lowest BCUT2D eigenvalue weighted by Gasteiger charge is -2.08. The van der Waals surface area contributed by atoms with Gasteiger partial charge in [0.1, 0.15) is 17.0 Å². The first-order valence-electron chi connectivity index (χ1n) is 8.92. The summed E-state index contributed by atoms with van der Waals surface area (Å²) in [5.74, 6) is 0.832. The third kappa shape index (κ3) is 2.91. The Bertz CT molecular complexity index is 1500. The maximum Gasteiger partial charge on any atom is 0.349 e. The second-order valence-electron chi connectivity index (χ2n) is 6.57. The predicted octanol–water partition coefficient (Wildman–Crippen LogP) is 2.91. The molecule has 0 unspecified atom stereocenters. The van der Waals surface area contributed by atoms with Gasteiger partial charge >= 0.3 is 5.63 Å². The molecule has 0 atom stereocenters. The van der Waals surface area contributed by atoms with E-state index in [9.17, 15) is 9.59 Å². The van der Waals surface area contributed by atoms with Crippen LogP contribution in [0.3, 0.4) is 0 Å². The van der Waals surface area contributed by atoms with Crippen LogP contribution in [-0.2, 0) is 6.54 Å². The van der Waals surface area contributed by atoms with E-state index in [-0.39, 0.29) is 29.4 Å². The number of aromatic nitrogens is 4. The summed E-state index contributed by atoms with van der Waals surface area (Å²) in [4.78, 5) is 33.8. The summed E-state index contributed by atoms with van der Waals surface area (Å²) in [6.45, 7) is 1.82. The third-order valence-electron chi connectivity index (χ3n) is 4.69. The Hall–Kier alpha value is -4.07. The molecule has 0 N–H and O–H groups in total. The zero-order chi connectivity index (χ0) is 20.0. The second-order valence-corrected chi connectivity index (χ2v) is 6.57. The molecule has 0 amide bonds. The lowest BCUT2D eigenvalue weighted by molar-refractivity contribution is 0.417. The summed E-state index contributed by atoms with van der Waals surface area (Å²) in [5, 5.41) is 5.17. The molecule has 8 heteroatoms. The Kier molecular flexibility index (Phi) is 3.83. The molecule has 0 aliphatic carbocycles. The van der Waals surface area contributed by atoms with Crippen molar-refractivity contribution in [3.8, 4) is 11.5 Å². The second kappa shape index (κ2) is 6.52. The minimum atomic E-state index is -0.570. The first-order chi connectivity index (χ1) is 14.1. The van der Waals surface area contributed by atoms with E-state index in [1.54, 1.807) is 43.3 Å². The fourth-order valence-corrected chi connectivity index (χ4v) is 3.25. The molecular formula is C21H14N4O4. The van der Waals surface area contributed by atoms with Crippen molar-refractivity contribution in [2.45, 2.75) is 13.5 Å². The van der Waals surface area contributed by atoms with Crippen molar-refractivity contribution in [2.24, 2.45) is 0 Å². The maximum atomic E-state index is 12.8. The Balaban J connectivity index is 1.55. The van der Waals surface area contributed by atoms with Gasteiger partial charge < -0.3 is 8.94 Å². The Morgan fingerprint density at radius 3 is 2.69 bits per heavy atom. The van der Waals surface area contributed by atoms with E-state index in [1.165, 1.54) is 4.57 Å². The number of hydrogen-bond acceptors (Lipinski definition) is 7. The highest BCUT2D eigenvalue weighted by Crippen LogP contribution is 2.19. The summed E-state index contributed by atoms with van der Waals surface area (Å²) in [7, 11) is 0. The average molecular weight is 386 g/mol. The molecule has 0 bridgehead atoms. The maximum absolute atomic E-state index is 12.8. The van der Waals surface area contributed by atoms with Crippen molar-refractivity contribution >= 4 is 21.9 Å². The fourth-order valence-electron chi connectivity index (χ4n) is 3.25. The van der Waals surface area contributed by atoms with Gasteiger partial charge in [-0.3, -0.25) is 9.36 Å². The minimum absolute atomic E-state index is 0.0407. The summed E-state index contributed by atoms with van der Waals surface area (Å²) in [6.07, 6.45) is 0. The van der Waals surface area contributed by atoms with Crippen LogP contribution in [-0.4, -0.2) is 19.7 Å². The van der Waals surface area contributed by atoms with Crippen molar-refractivity contribution in [1.82, 2.24) is 19.7 Å². The molecule has 0 saturated carbocycles. The number of para-hydroxylation sites is 2. The summed E-state index contributed by atoms with van der Waals surface area (Å²) in [5.41, 5.74) is 0.520. The van der Waals surface area contributed by atoms with Crippen LogP contribution in [0, 0.1) is 6.92 Å². The van der Waals surface area contributed by atoms with Gasteiger partial charge in [-0.15, -0.1) is 0 Å². The Labute approximate surface area is 163 Å². The van der Waals surface area contributed by atoms with E-state index in [1.807, 2.05) is 18.2 Å². The smallest absolute Gasteiger partial charge is 0.349 e. The fraction of sp³-hybridized carbons (Fsp3) is 0.0952. The van der Waals surface area contributed by atoms with Gasteiger partial charge in [0.15, 0.2) is 5.82 Å². The van der Waals surface area contributed by atoms with Crippen LogP contribution in [0.15, 0.2) is 73.1 Å². The molecule has 0 spiro atoms. The minimum Gasteiger partial charge on any atom is -0.422 e. The standard InChI is InChI=1S/C21H14N4O4/c1-12-22-16-8-4-3-7-14(16)20(26)25(12)11-18-23-19(29-24-18)15-10-13-6-2-5-9-17(13)28-21(15)27/h2-10H,11H2,1H3. The van der Waals surface area contributed by atoms with Crippen molar-refractivity contribution in [2.75, 3.05) is 0 Å². The molecule has 3 aromatic heterocycles. The van der Waals surface area contributed by atoms with Gasteiger partial charge in [0.2, 0.25) is 0 Å². The highest BCUT2D eigenvalue weighted by Gasteiger charge is 2.17. The van der Waals surface area contributed by atoms with Gasteiger partial charge in [-0.1, -0.05) is 35.5 Å². The van der Waals surface area contributed by atoms with Crippen molar-refractivity contribution < 1.29 is 8.94 Å². The molecule has 0 aliphatic rings. The predicted molar refractivity (Wildman–Crippen MR) is 106 cm³/mol. The molecule has 5 aromatic rings. The van der Waals surface area contributed by atoms with E-state index in [4.69, 9.17) is 8.94 Å². The SMILES string of the molecule is Cc1nc2ccccc2c(=O)n1Cc1noc(-c2cc3ccccc3oc2=O)n1. The lowest BCUT2D eigenvalue weighted by Crippen LogP contribution is -2.24. The van der Waals surface area contributed by atoms with Gasteiger partial charge in [0, 0.05) is 5.39 Å². The van der Waals surface area contributed by atoms with Gasteiger partial charge in [0.25, 0.3) is 11.4 Å². The van der Waals surface area contributed by atoms with Crippen LogP contribution >= 0.6 is 0 Å². The van der Waals surface area contributed by atoms with E-state index in [0.29, 0.717) is 22.3 Å². The molecule has 142 valence electrons. The summed E-state index contributed by atoms with van der Waals surface area (Å²) in [6, 6.07) is 15.9. The zero-order valence-corrected chi connectivity index (χ0v) is 15.3. The first kappa shape index (κ1) is 17.1. The van der Waals surface area contributed by atoms with Gasteiger partial charge in [0.05, 0.1) is 17.4 Å².